The van der Waals surface area contributed by atoms with Crippen LogP contribution in [0.2, 0.25) is 0 Å². The number of halogens is 5. The van der Waals surface area contributed by atoms with Gasteiger partial charge >= 0.3 is 6.36 Å². The van der Waals surface area contributed by atoms with Crippen molar-refractivity contribution in [2.75, 3.05) is 24.5 Å². The van der Waals surface area contributed by atoms with Crippen molar-refractivity contribution in [3.05, 3.63) is 78.2 Å². The van der Waals surface area contributed by atoms with Gasteiger partial charge in [0.1, 0.15) is 17.6 Å². The largest absolute Gasteiger partial charge is 0.573 e. The molecule has 3 heterocycles. The van der Waals surface area contributed by atoms with Gasteiger partial charge in [-0.1, -0.05) is 31.2 Å². The monoisotopic (exact) mass is 651 g/mol. The van der Waals surface area contributed by atoms with Gasteiger partial charge in [0.05, 0.1) is 11.1 Å². The van der Waals surface area contributed by atoms with Gasteiger partial charge in [0, 0.05) is 50.6 Å². The van der Waals surface area contributed by atoms with E-state index in [1.54, 1.807) is 4.90 Å². The van der Waals surface area contributed by atoms with E-state index in [1.165, 1.54) is 49.8 Å². The summed E-state index contributed by atoms with van der Waals surface area (Å²) in [7, 11) is -4.40. The minimum absolute atomic E-state index is 0.0873. The van der Waals surface area contributed by atoms with E-state index in [9.17, 15) is 35.2 Å². The summed E-state index contributed by atoms with van der Waals surface area (Å²) in [5.74, 6) is -3.99. The number of fused-ring (bicyclic) bond motifs is 1. The molecule has 1 fully saturated rings. The van der Waals surface area contributed by atoms with Crippen molar-refractivity contribution < 1.29 is 39.9 Å². The van der Waals surface area contributed by atoms with Crippen LogP contribution in [-0.4, -0.2) is 70.6 Å². The molecular weight excluding hydrogens is 625 g/mol. The van der Waals surface area contributed by atoms with Gasteiger partial charge in [-0.3, -0.25) is 4.79 Å². The third-order valence-electron chi connectivity index (χ3n) is 7.09. The lowest BCUT2D eigenvalue weighted by Crippen LogP contribution is -2.60. The Hall–Kier alpha value is -4.51. The topological polar surface area (TPSA) is 131 Å². The number of nitrogens with one attached hydrogen (secondary N) is 1. The number of aromatic nitrogens is 4. The fourth-order valence-corrected chi connectivity index (χ4v) is 6.27. The molecule has 0 bridgehead atoms. The second-order valence-electron chi connectivity index (χ2n) is 10.0. The molecule has 0 saturated carbocycles. The Morgan fingerprint density at radius 2 is 1.62 bits per heavy atom. The number of piperazine rings is 1. The van der Waals surface area contributed by atoms with Crippen LogP contribution in [-0.2, 0) is 27.3 Å². The van der Waals surface area contributed by atoms with Crippen LogP contribution >= 0.6 is 0 Å². The summed E-state index contributed by atoms with van der Waals surface area (Å²) in [4.78, 5) is 31.7. The Morgan fingerprint density at radius 3 is 2.27 bits per heavy atom. The van der Waals surface area contributed by atoms with Crippen molar-refractivity contribution in [2.24, 2.45) is 0 Å². The Morgan fingerprint density at radius 1 is 0.956 bits per heavy atom. The molecule has 2 aromatic carbocycles. The normalized spacial score (nSPS) is 16.5. The number of benzene rings is 2. The lowest BCUT2D eigenvalue weighted by atomic mass is 10.0. The number of ether oxygens (including phenoxy) is 1. The number of hydrogen-bond donors (Lipinski definition) is 1. The molecule has 1 aliphatic heterocycles. The zero-order chi connectivity index (χ0) is 32.4. The molecule has 1 saturated heterocycles. The van der Waals surface area contributed by atoms with Crippen LogP contribution in [0.25, 0.3) is 11.3 Å². The third kappa shape index (κ3) is 7.25. The predicted molar refractivity (Wildman–Crippen MR) is 151 cm³/mol. The van der Waals surface area contributed by atoms with Crippen molar-refractivity contribution in [1.82, 2.24) is 29.6 Å². The first-order chi connectivity index (χ1) is 21.3. The van der Waals surface area contributed by atoms with E-state index in [4.69, 9.17) is 0 Å². The number of hydrogen-bond acceptors (Lipinski definition) is 9. The lowest BCUT2D eigenvalue weighted by Gasteiger charge is -2.40. The first-order valence-electron chi connectivity index (χ1n) is 13.6. The predicted octanol–water partition coefficient (Wildman–Crippen LogP) is 4.02. The standard InChI is InChI=1S/C28H26F5N7O4S/c1-2-27(29,30)19-5-3-18(4-6-19)15-37-26(41)22-17-39(23-16-36-24-25(38-23)35-12-11-34-24)13-14-40(22)45(42,43)21-9-7-20(8-10-21)44-28(31,32)33/h3-12,16,22H,2,13-15,17H2,1H3,(H,37,41). The van der Waals surface area contributed by atoms with Gasteiger partial charge < -0.3 is 15.0 Å². The maximum absolute atomic E-state index is 14.0. The molecule has 0 spiro atoms. The van der Waals surface area contributed by atoms with Crippen molar-refractivity contribution >= 4 is 33.0 Å². The number of amides is 1. The minimum Gasteiger partial charge on any atom is -0.406 e. The summed E-state index contributed by atoms with van der Waals surface area (Å²) in [5, 5.41) is 2.67. The fraction of sp³-hybridized carbons (Fsp3) is 0.321. The lowest BCUT2D eigenvalue weighted by molar-refractivity contribution is -0.274. The van der Waals surface area contributed by atoms with Crippen LogP contribution < -0.4 is 15.0 Å². The first-order valence-corrected chi connectivity index (χ1v) is 15.0. The Bertz CT molecular complexity index is 1780. The molecule has 1 atom stereocenters. The first kappa shape index (κ1) is 31.9. The molecule has 1 amide bonds. The van der Waals surface area contributed by atoms with Gasteiger partial charge in [0.25, 0.3) is 5.92 Å². The molecule has 45 heavy (non-hydrogen) atoms. The molecular formula is C28H26F5N7O4S. The second kappa shape index (κ2) is 12.5. The number of carbonyl (C=O) groups excluding carboxylic acids is 1. The van der Waals surface area contributed by atoms with E-state index >= 15 is 0 Å². The summed E-state index contributed by atoms with van der Waals surface area (Å²) in [5.41, 5.74) is 0.857. The zero-order valence-corrected chi connectivity index (χ0v) is 24.4. The van der Waals surface area contributed by atoms with Crippen LogP contribution in [0, 0.1) is 0 Å². The van der Waals surface area contributed by atoms with E-state index < -0.39 is 40.0 Å². The van der Waals surface area contributed by atoms with Gasteiger partial charge in [-0.15, -0.1) is 13.2 Å². The molecule has 17 heteroatoms. The number of rotatable bonds is 9. The molecule has 5 rings (SSSR count). The van der Waals surface area contributed by atoms with Crippen LogP contribution in [0.5, 0.6) is 5.75 Å². The average Bonchev–Trinajstić information content (AvgIpc) is 3.02. The molecule has 1 N–H and O–H groups in total. The molecule has 1 aliphatic rings. The molecule has 4 aromatic rings. The van der Waals surface area contributed by atoms with Gasteiger partial charge in [-0.05, 0) is 29.8 Å². The number of alkyl halides is 5. The molecule has 0 radical (unpaired) electrons. The average molecular weight is 652 g/mol. The van der Waals surface area contributed by atoms with E-state index in [0.29, 0.717) is 11.4 Å². The molecule has 1 unspecified atom stereocenters. The van der Waals surface area contributed by atoms with Crippen LogP contribution in [0.15, 0.2) is 72.0 Å². The highest BCUT2D eigenvalue weighted by molar-refractivity contribution is 7.89. The molecule has 0 aliphatic carbocycles. The summed E-state index contributed by atoms with van der Waals surface area (Å²) in [6.45, 7) is 1.01. The summed E-state index contributed by atoms with van der Waals surface area (Å²) >= 11 is 0. The van der Waals surface area contributed by atoms with Crippen molar-refractivity contribution in [1.29, 1.82) is 0 Å². The van der Waals surface area contributed by atoms with Crippen molar-refractivity contribution in [3.8, 4) is 5.75 Å². The summed E-state index contributed by atoms with van der Waals surface area (Å²) in [6.07, 6.45) is -1.04. The minimum atomic E-state index is -4.96. The summed E-state index contributed by atoms with van der Waals surface area (Å²) in [6, 6.07) is 7.73. The number of anilines is 1. The zero-order valence-electron chi connectivity index (χ0n) is 23.6. The quantitative estimate of drug-likeness (QED) is 0.267. The Labute approximate surface area is 254 Å². The van der Waals surface area contributed by atoms with E-state index in [-0.39, 0.29) is 54.4 Å². The number of nitrogens with zero attached hydrogens (tertiary/aromatic N) is 6. The Kier molecular flexibility index (Phi) is 8.84. The Balaban J connectivity index is 1.40. The van der Waals surface area contributed by atoms with Gasteiger partial charge in [0.15, 0.2) is 11.3 Å². The highest BCUT2D eigenvalue weighted by Gasteiger charge is 2.41. The molecule has 238 valence electrons. The molecule has 2 aromatic heterocycles. The number of carbonyl (C=O) groups is 1. The smallest absolute Gasteiger partial charge is 0.406 e. The second-order valence-corrected chi connectivity index (χ2v) is 11.9. The SMILES string of the molecule is CCC(F)(F)c1ccc(CNC(=O)C2CN(c3cnc4nccnc4n3)CCN2S(=O)(=O)c2ccc(OC(F)(F)F)cc2)cc1. The molecule has 11 nitrogen and oxygen atoms in total. The van der Waals surface area contributed by atoms with Crippen LogP contribution in [0.4, 0.5) is 27.8 Å². The van der Waals surface area contributed by atoms with Gasteiger partial charge in [0.2, 0.25) is 15.9 Å². The fourth-order valence-electron chi connectivity index (χ4n) is 4.70. The van der Waals surface area contributed by atoms with Gasteiger partial charge in [-0.25, -0.2) is 37.1 Å². The number of sulfonamides is 1. The third-order valence-corrected chi connectivity index (χ3v) is 9.01. The van der Waals surface area contributed by atoms with Crippen molar-refractivity contribution in [2.45, 2.75) is 43.1 Å². The highest BCUT2D eigenvalue weighted by Crippen LogP contribution is 2.31. The highest BCUT2D eigenvalue weighted by atomic mass is 32.2. The van der Waals surface area contributed by atoms with E-state index in [1.807, 2.05) is 0 Å². The summed E-state index contributed by atoms with van der Waals surface area (Å²) < 4.78 is 98.0. The van der Waals surface area contributed by atoms with E-state index in [2.05, 4.69) is 30.0 Å². The maximum Gasteiger partial charge on any atom is 0.573 e. The van der Waals surface area contributed by atoms with E-state index in [0.717, 1.165) is 28.6 Å². The van der Waals surface area contributed by atoms with Crippen LogP contribution in [0.3, 0.4) is 0 Å². The van der Waals surface area contributed by atoms with Crippen molar-refractivity contribution in [3.63, 3.8) is 0 Å². The maximum atomic E-state index is 14.0. The van der Waals surface area contributed by atoms with Gasteiger partial charge in [-0.2, -0.15) is 4.31 Å². The van der Waals surface area contributed by atoms with Crippen LogP contribution in [0.1, 0.15) is 24.5 Å².